The maximum atomic E-state index is 11.2. The number of phosphoric ester groups is 1. The van der Waals surface area contributed by atoms with Crippen LogP contribution in [0, 0.1) is 5.92 Å². The van der Waals surface area contributed by atoms with Crippen LogP contribution in [0.5, 0.6) is 0 Å². The van der Waals surface area contributed by atoms with Gasteiger partial charge in [0.05, 0.1) is 13.2 Å². The molecule has 0 fully saturated rings. The third kappa shape index (κ3) is 8.21. The van der Waals surface area contributed by atoms with E-state index in [2.05, 4.69) is 4.52 Å². The molecule has 4 N–H and O–H groups in total. The Morgan fingerprint density at radius 3 is 2.56 bits per heavy atom. The van der Waals surface area contributed by atoms with Crippen molar-refractivity contribution in [3.63, 3.8) is 0 Å². The van der Waals surface area contributed by atoms with Crippen molar-refractivity contribution >= 4 is 7.82 Å². The van der Waals surface area contributed by atoms with Crippen LogP contribution in [0.25, 0.3) is 0 Å². The number of rotatable bonds is 10. The fourth-order valence-corrected chi connectivity index (χ4v) is 2.00. The van der Waals surface area contributed by atoms with Crippen molar-refractivity contribution in [2.24, 2.45) is 11.7 Å². The van der Waals surface area contributed by atoms with Crippen molar-refractivity contribution in [3.8, 4) is 0 Å². The van der Waals surface area contributed by atoms with Crippen LogP contribution in [0.15, 0.2) is 0 Å². The highest BCUT2D eigenvalue weighted by Crippen LogP contribution is 2.43. The second-order valence-corrected chi connectivity index (χ2v) is 4.97. The third-order valence-electron chi connectivity index (χ3n) is 2.09. The molecule has 0 radical (unpaired) electrons. The second-order valence-electron chi connectivity index (χ2n) is 3.52. The van der Waals surface area contributed by atoms with E-state index >= 15 is 0 Å². The van der Waals surface area contributed by atoms with Crippen LogP contribution in [0.3, 0.4) is 0 Å². The molecule has 2 atom stereocenters. The monoisotopic (exact) mass is 255 g/mol. The first-order chi connectivity index (χ1) is 7.55. The molecule has 7 heteroatoms. The van der Waals surface area contributed by atoms with E-state index in [0.717, 1.165) is 19.3 Å². The molecule has 0 saturated carbocycles. The first-order valence-corrected chi connectivity index (χ1v) is 6.98. The van der Waals surface area contributed by atoms with Crippen LogP contribution >= 0.6 is 7.82 Å². The lowest BCUT2D eigenvalue weighted by Gasteiger charge is -2.16. The zero-order valence-corrected chi connectivity index (χ0v) is 10.6. The van der Waals surface area contributed by atoms with Crippen molar-refractivity contribution in [2.75, 3.05) is 26.4 Å². The highest BCUT2D eigenvalue weighted by Gasteiger charge is 2.21. The van der Waals surface area contributed by atoms with Gasteiger partial charge in [-0.1, -0.05) is 6.42 Å². The second kappa shape index (κ2) is 9.10. The van der Waals surface area contributed by atoms with Gasteiger partial charge in [-0.25, -0.2) is 4.57 Å². The first-order valence-electron chi connectivity index (χ1n) is 5.48. The van der Waals surface area contributed by atoms with Gasteiger partial charge < -0.3 is 15.7 Å². The van der Waals surface area contributed by atoms with Gasteiger partial charge in [-0.15, -0.1) is 0 Å². The van der Waals surface area contributed by atoms with E-state index in [4.69, 9.17) is 20.3 Å². The fourth-order valence-electron chi connectivity index (χ4n) is 1.20. The molecule has 0 amide bonds. The molecule has 0 aromatic rings. The summed E-state index contributed by atoms with van der Waals surface area (Å²) in [6.45, 7) is 2.28. The first kappa shape index (κ1) is 16.0. The Bertz CT molecular complexity index is 214. The number of unbranched alkanes of at least 4 members (excludes halogenated alkanes) is 1. The lowest BCUT2D eigenvalue weighted by Crippen LogP contribution is -2.14. The lowest BCUT2D eigenvalue weighted by molar-refractivity contribution is 0.107. The van der Waals surface area contributed by atoms with E-state index in [1.165, 1.54) is 0 Å². The molecule has 0 aliphatic rings. The van der Waals surface area contributed by atoms with Gasteiger partial charge in [-0.05, 0) is 26.3 Å². The molecule has 98 valence electrons. The summed E-state index contributed by atoms with van der Waals surface area (Å²) >= 11 is 0. The molecular weight excluding hydrogens is 233 g/mol. The molecule has 0 rings (SSSR count). The topological polar surface area (TPSA) is 102 Å². The number of phosphoric acid groups is 1. The van der Waals surface area contributed by atoms with Crippen molar-refractivity contribution < 1.29 is 23.6 Å². The Hall–Kier alpha value is 0.0300. The Labute approximate surface area is 96.4 Å². The fraction of sp³-hybridized carbons (Fsp3) is 1.00. The Kier molecular flexibility index (Phi) is 9.12. The highest BCUT2D eigenvalue weighted by molar-refractivity contribution is 7.47. The van der Waals surface area contributed by atoms with Crippen LogP contribution in [0.2, 0.25) is 0 Å². The molecule has 6 nitrogen and oxygen atoms in total. The molecule has 0 spiro atoms. The summed E-state index contributed by atoms with van der Waals surface area (Å²) in [5.41, 5.74) is 5.34. The number of hydrogen-bond acceptors (Lipinski definition) is 5. The summed E-state index contributed by atoms with van der Waals surface area (Å²) in [6.07, 6.45) is 2.47. The van der Waals surface area contributed by atoms with E-state index in [1.807, 2.05) is 0 Å². The van der Waals surface area contributed by atoms with E-state index < -0.39 is 7.82 Å². The van der Waals surface area contributed by atoms with Gasteiger partial charge >= 0.3 is 7.82 Å². The summed E-state index contributed by atoms with van der Waals surface area (Å²) in [5.74, 6) is -0.146. The van der Waals surface area contributed by atoms with Crippen molar-refractivity contribution in [1.82, 2.24) is 0 Å². The van der Waals surface area contributed by atoms with Gasteiger partial charge in [0, 0.05) is 12.5 Å². The third-order valence-corrected chi connectivity index (χ3v) is 3.15. The summed E-state index contributed by atoms with van der Waals surface area (Å²) in [7, 11) is -3.93. The van der Waals surface area contributed by atoms with Gasteiger partial charge in [0.1, 0.15) is 0 Å². The molecule has 0 aliphatic heterocycles. The smallest absolute Gasteiger partial charge is 0.396 e. The van der Waals surface area contributed by atoms with E-state index in [-0.39, 0.29) is 25.7 Å². The van der Waals surface area contributed by atoms with E-state index in [1.54, 1.807) is 6.92 Å². The Morgan fingerprint density at radius 2 is 2.06 bits per heavy atom. The number of aliphatic hydroxyl groups is 1. The predicted octanol–water partition coefficient (Wildman–Crippen LogP) is 0.877. The van der Waals surface area contributed by atoms with E-state index in [9.17, 15) is 4.57 Å². The molecule has 0 aromatic heterocycles. The molecule has 0 saturated heterocycles. The van der Waals surface area contributed by atoms with Crippen molar-refractivity contribution in [1.29, 1.82) is 0 Å². The normalized spacial score (nSPS) is 17.0. The minimum Gasteiger partial charge on any atom is -0.396 e. The van der Waals surface area contributed by atoms with Gasteiger partial charge in [-0.3, -0.25) is 9.05 Å². The molecular formula is C9H22NO5P. The maximum absolute atomic E-state index is 11.2. The average Bonchev–Trinajstić information content (AvgIpc) is 2.23. The van der Waals surface area contributed by atoms with E-state index in [0.29, 0.717) is 6.54 Å². The van der Waals surface area contributed by atoms with Crippen LogP contribution < -0.4 is 5.73 Å². The number of hydrogen-bond donors (Lipinski definition) is 3. The van der Waals surface area contributed by atoms with Crippen LogP contribution in [-0.2, 0) is 13.6 Å². The summed E-state index contributed by atoms with van der Waals surface area (Å²) < 4.78 is 20.5. The largest absolute Gasteiger partial charge is 0.472 e. The van der Waals surface area contributed by atoms with Crippen LogP contribution in [0.4, 0.5) is 0 Å². The molecule has 0 aliphatic carbocycles. The highest BCUT2D eigenvalue weighted by atomic mass is 31.2. The zero-order chi connectivity index (χ0) is 12.4. The van der Waals surface area contributed by atoms with Gasteiger partial charge in [0.15, 0.2) is 0 Å². The summed E-state index contributed by atoms with van der Waals surface area (Å²) in [4.78, 5) is 9.14. The standard InChI is InChI=1S/C9H22NO5P/c1-2-14-16(12,13)15-8-9(7-11)5-3-4-6-10/h9,11H,2-8,10H2,1H3,(H,12,13). The minimum atomic E-state index is -3.93. The predicted molar refractivity (Wildman–Crippen MR) is 60.9 cm³/mol. The SMILES string of the molecule is CCOP(=O)(O)OCC(CO)CCCCN. The summed E-state index contributed by atoms with van der Waals surface area (Å²) in [6, 6.07) is 0. The molecule has 16 heavy (non-hydrogen) atoms. The van der Waals surface area contributed by atoms with Crippen LogP contribution in [-0.4, -0.2) is 36.4 Å². The number of nitrogens with two attached hydrogens (primary N) is 1. The molecule has 0 heterocycles. The number of aliphatic hydroxyl groups excluding tert-OH is 1. The molecule has 0 bridgehead atoms. The summed E-state index contributed by atoms with van der Waals surface area (Å²) in [5, 5.41) is 9.03. The Balaban J connectivity index is 3.81. The maximum Gasteiger partial charge on any atom is 0.472 e. The zero-order valence-electron chi connectivity index (χ0n) is 9.67. The van der Waals surface area contributed by atoms with Gasteiger partial charge in [0.25, 0.3) is 0 Å². The van der Waals surface area contributed by atoms with Crippen molar-refractivity contribution in [2.45, 2.75) is 26.2 Å². The average molecular weight is 255 g/mol. The lowest BCUT2D eigenvalue weighted by atomic mass is 10.0. The van der Waals surface area contributed by atoms with Crippen molar-refractivity contribution in [3.05, 3.63) is 0 Å². The Morgan fingerprint density at radius 1 is 1.38 bits per heavy atom. The van der Waals surface area contributed by atoms with Crippen LogP contribution in [0.1, 0.15) is 26.2 Å². The van der Waals surface area contributed by atoms with Gasteiger partial charge in [0.2, 0.25) is 0 Å². The van der Waals surface area contributed by atoms with Gasteiger partial charge in [-0.2, -0.15) is 0 Å². The molecule has 0 aromatic carbocycles. The minimum absolute atomic E-state index is 0.0227. The molecule has 2 unspecified atom stereocenters. The quantitative estimate of drug-likeness (QED) is 0.395.